The summed E-state index contributed by atoms with van der Waals surface area (Å²) in [6.07, 6.45) is 2.84. The lowest BCUT2D eigenvalue weighted by molar-refractivity contribution is 0.107. The smallest absolute Gasteiger partial charge is 0.319 e. The van der Waals surface area contributed by atoms with Crippen molar-refractivity contribution in [3.63, 3.8) is 0 Å². The maximum atomic E-state index is 17.2. The molecule has 14 heteroatoms. The standard InChI is InChI=1S/C33H32ClF3N6O3S/c1-44-13-16-3-4-18-14-45-28-24-27(26(37)23(25(28)34)19-5-6-21(36)29-22(19)20(10-38)30(39)47-29)40-32(41-31(24)43(18)11-16)46-15-33-7-2-8-42(33)12-17(35)9-33/h5-6,16-18H,2-4,7-9,11-15,39H2,1H3/t16?,17-,18?,33?/m1/s1. The first-order valence-corrected chi connectivity index (χ1v) is 17.0. The van der Waals surface area contributed by atoms with Crippen LogP contribution in [-0.4, -0.2) is 79.2 Å². The van der Waals surface area contributed by atoms with Gasteiger partial charge in [0.1, 0.15) is 47.6 Å². The normalized spacial score (nSPS) is 25.4. The number of alkyl halides is 1. The zero-order chi connectivity index (χ0) is 32.6. The van der Waals surface area contributed by atoms with Gasteiger partial charge in [-0.2, -0.15) is 15.2 Å². The molecule has 246 valence electrons. The maximum absolute atomic E-state index is 17.2. The van der Waals surface area contributed by atoms with Crippen LogP contribution >= 0.6 is 22.9 Å². The first-order valence-electron chi connectivity index (χ1n) is 15.8. The van der Waals surface area contributed by atoms with Crippen molar-refractivity contribution in [3.05, 3.63) is 34.4 Å². The van der Waals surface area contributed by atoms with Gasteiger partial charge in [0.2, 0.25) is 0 Å². The van der Waals surface area contributed by atoms with Crippen molar-refractivity contribution in [1.82, 2.24) is 14.9 Å². The van der Waals surface area contributed by atoms with E-state index in [1.54, 1.807) is 7.11 Å². The number of rotatable bonds is 6. The molecule has 4 atom stereocenters. The number of piperidine rings is 1. The van der Waals surface area contributed by atoms with E-state index in [9.17, 15) is 14.0 Å². The molecule has 2 aromatic heterocycles. The Hall–Kier alpha value is -3.57. The van der Waals surface area contributed by atoms with Gasteiger partial charge in [0.15, 0.2) is 11.6 Å². The number of hydrogen-bond acceptors (Lipinski definition) is 10. The fraction of sp³-hybridized carbons (Fsp3) is 0.485. The van der Waals surface area contributed by atoms with E-state index in [4.69, 9.17) is 36.5 Å². The molecule has 47 heavy (non-hydrogen) atoms. The molecule has 0 spiro atoms. The number of halogens is 4. The minimum atomic E-state index is -0.938. The van der Waals surface area contributed by atoms with E-state index in [1.807, 2.05) is 6.07 Å². The predicted octanol–water partition coefficient (Wildman–Crippen LogP) is 6.48. The minimum Gasteiger partial charge on any atom is -0.489 e. The van der Waals surface area contributed by atoms with Gasteiger partial charge in [-0.1, -0.05) is 17.7 Å². The molecule has 4 aliphatic heterocycles. The van der Waals surface area contributed by atoms with Crippen LogP contribution in [0, 0.1) is 28.9 Å². The molecule has 0 aliphatic carbocycles. The monoisotopic (exact) mass is 684 g/mol. The Kier molecular flexibility index (Phi) is 7.55. The van der Waals surface area contributed by atoms with Crippen LogP contribution in [0.4, 0.5) is 24.0 Å². The van der Waals surface area contributed by atoms with Crippen LogP contribution in [0.25, 0.3) is 32.1 Å². The van der Waals surface area contributed by atoms with E-state index in [1.165, 1.54) is 12.1 Å². The number of fused-ring (bicyclic) bond motifs is 4. The van der Waals surface area contributed by atoms with E-state index in [0.29, 0.717) is 37.3 Å². The number of nitrogens with two attached hydrogens (primary N) is 1. The van der Waals surface area contributed by atoms with Gasteiger partial charge < -0.3 is 24.8 Å². The Labute approximate surface area is 278 Å². The molecule has 2 aromatic carbocycles. The van der Waals surface area contributed by atoms with Crippen molar-refractivity contribution >= 4 is 54.7 Å². The molecular weight excluding hydrogens is 653 g/mol. The van der Waals surface area contributed by atoms with E-state index < -0.39 is 23.3 Å². The van der Waals surface area contributed by atoms with Crippen LogP contribution in [0.5, 0.6) is 11.8 Å². The van der Waals surface area contributed by atoms with Gasteiger partial charge in [-0.05, 0) is 49.8 Å². The summed E-state index contributed by atoms with van der Waals surface area (Å²) >= 11 is 7.97. The summed E-state index contributed by atoms with van der Waals surface area (Å²) in [6, 6.07) is 4.51. The topological polar surface area (TPSA) is 110 Å². The molecular formula is C33H32ClF3N6O3S. The minimum absolute atomic E-state index is 0.0367. The van der Waals surface area contributed by atoms with Gasteiger partial charge >= 0.3 is 6.01 Å². The Balaban J connectivity index is 1.34. The summed E-state index contributed by atoms with van der Waals surface area (Å²) in [5.41, 5.74) is 5.71. The molecule has 0 radical (unpaired) electrons. The molecule has 4 aromatic rings. The van der Waals surface area contributed by atoms with Crippen LogP contribution in [-0.2, 0) is 4.74 Å². The second-order valence-electron chi connectivity index (χ2n) is 13.0. The third-order valence-corrected chi connectivity index (χ3v) is 11.7. The molecule has 6 heterocycles. The Bertz CT molecular complexity index is 1970. The zero-order valence-electron chi connectivity index (χ0n) is 25.6. The number of thiophene rings is 1. The van der Waals surface area contributed by atoms with Gasteiger partial charge in [0.05, 0.1) is 38.9 Å². The van der Waals surface area contributed by atoms with Crippen LogP contribution in [0.3, 0.4) is 0 Å². The number of benzene rings is 2. The van der Waals surface area contributed by atoms with Gasteiger partial charge in [-0.15, -0.1) is 11.3 Å². The average Bonchev–Trinajstić information content (AvgIpc) is 3.66. The molecule has 3 unspecified atom stereocenters. The van der Waals surface area contributed by atoms with Crippen LogP contribution in [0.15, 0.2) is 12.1 Å². The van der Waals surface area contributed by atoms with E-state index in [0.717, 1.165) is 43.6 Å². The molecule has 4 aliphatic rings. The lowest BCUT2D eigenvalue weighted by atomic mass is 9.93. The van der Waals surface area contributed by atoms with Crippen molar-refractivity contribution < 1.29 is 27.4 Å². The van der Waals surface area contributed by atoms with Crippen molar-refractivity contribution in [2.75, 3.05) is 57.2 Å². The second kappa shape index (κ2) is 11.5. The lowest BCUT2D eigenvalue weighted by Crippen LogP contribution is -2.47. The number of anilines is 2. The average molecular weight is 685 g/mol. The first kappa shape index (κ1) is 30.7. The van der Waals surface area contributed by atoms with Crippen molar-refractivity contribution in [1.29, 1.82) is 5.26 Å². The van der Waals surface area contributed by atoms with Gasteiger partial charge in [0, 0.05) is 37.6 Å². The van der Waals surface area contributed by atoms with E-state index in [2.05, 4.69) is 14.8 Å². The van der Waals surface area contributed by atoms with Crippen LogP contribution in [0.2, 0.25) is 5.02 Å². The number of aromatic nitrogens is 2. The summed E-state index contributed by atoms with van der Waals surface area (Å²) in [7, 11) is 1.67. The third-order valence-electron chi connectivity index (χ3n) is 10.3. The molecule has 9 nitrogen and oxygen atoms in total. The molecule has 2 N–H and O–H groups in total. The lowest BCUT2D eigenvalue weighted by Gasteiger charge is -2.39. The van der Waals surface area contributed by atoms with Gasteiger partial charge in [0.25, 0.3) is 0 Å². The van der Waals surface area contributed by atoms with Crippen LogP contribution in [0.1, 0.15) is 37.7 Å². The number of nitrogen functional groups attached to an aromatic ring is 1. The summed E-state index contributed by atoms with van der Waals surface area (Å²) in [4.78, 5) is 13.7. The van der Waals surface area contributed by atoms with Crippen LogP contribution < -0.4 is 20.1 Å². The number of ether oxygens (including phenoxy) is 3. The maximum Gasteiger partial charge on any atom is 0.319 e. The summed E-state index contributed by atoms with van der Waals surface area (Å²) < 4.78 is 64.9. The Morgan fingerprint density at radius 3 is 2.89 bits per heavy atom. The highest BCUT2D eigenvalue weighted by Gasteiger charge is 2.49. The molecule has 3 fully saturated rings. The van der Waals surface area contributed by atoms with E-state index >= 15 is 4.39 Å². The van der Waals surface area contributed by atoms with Gasteiger partial charge in [-0.25, -0.2) is 13.2 Å². The second-order valence-corrected chi connectivity index (χ2v) is 14.4. The Morgan fingerprint density at radius 1 is 1.23 bits per heavy atom. The highest BCUT2D eigenvalue weighted by atomic mass is 35.5. The predicted molar refractivity (Wildman–Crippen MR) is 174 cm³/mol. The Morgan fingerprint density at radius 2 is 2.09 bits per heavy atom. The molecule has 3 saturated heterocycles. The fourth-order valence-electron chi connectivity index (χ4n) is 8.12. The summed E-state index contributed by atoms with van der Waals surface area (Å²) in [5.74, 6) is -0.527. The summed E-state index contributed by atoms with van der Waals surface area (Å²) in [6.45, 7) is 2.73. The fourth-order valence-corrected chi connectivity index (χ4v) is 9.41. The number of hydrogen-bond donors (Lipinski definition) is 1. The molecule has 0 amide bonds. The largest absolute Gasteiger partial charge is 0.489 e. The molecule has 0 saturated carbocycles. The number of methoxy groups -OCH3 is 1. The zero-order valence-corrected chi connectivity index (χ0v) is 27.2. The molecule has 0 bridgehead atoms. The van der Waals surface area contributed by atoms with Crippen molar-refractivity contribution in [2.24, 2.45) is 5.92 Å². The molecule has 8 rings (SSSR count). The van der Waals surface area contributed by atoms with Crippen molar-refractivity contribution in [2.45, 2.75) is 49.9 Å². The highest BCUT2D eigenvalue weighted by Crippen LogP contribution is 2.52. The van der Waals surface area contributed by atoms with Gasteiger partial charge in [-0.3, -0.25) is 4.90 Å². The SMILES string of the molecule is COCC1CCC2COc3c(Cl)c(-c4ccc(F)c5sc(N)c(C#N)c45)c(F)c4nc(OCC56CCCN5C[C@H](F)C6)nc(c34)N2C1. The number of nitrogens with zero attached hydrogens (tertiary/aromatic N) is 5. The first-order chi connectivity index (χ1) is 22.7. The highest BCUT2D eigenvalue weighted by molar-refractivity contribution is 7.23. The quantitative estimate of drug-likeness (QED) is 0.244. The summed E-state index contributed by atoms with van der Waals surface area (Å²) in [5, 5.41) is 10.5. The van der Waals surface area contributed by atoms with Crippen molar-refractivity contribution in [3.8, 4) is 29.0 Å². The number of nitriles is 1. The van der Waals surface area contributed by atoms with E-state index in [-0.39, 0.29) is 79.3 Å². The third kappa shape index (κ3) is 4.78.